The third kappa shape index (κ3) is 20.4. The molecular formula is C22H46N2O4S. The van der Waals surface area contributed by atoms with E-state index in [-0.39, 0.29) is 11.7 Å². The van der Waals surface area contributed by atoms with Gasteiger partial charge in [-0.05, 0) is 39.4 Å². The Hall–Kier alpha value is -0.660. The van der Waals surface area contributed by atoms with Gasteiger partial charge in [0.1, 0.15) is 0 Å². The Morgan fingerprint density at radius 1 is 0.724 bits per heavy atom. The van der Waals surface area contributed by atoms with Crippen molar-refractivity contribution in [3.05, 3.63) is 0 Å². The summed E-state index contributed by atoms with van der Waals surface area (Å²) in [6, 6.07) is 0. The lowest BCUT2D eigenvalue weighted by molar-refractivity contribution is -0.130. The van der Waals surface area contributed by atoms with Crippen LogP contribution in [0, 0.1) is 0 Å². The molecule has 0 atom stereocenters. The minimum Gasteiger partial charge on any atom is -0.346 e. The summed E-state index contributed by atoms with van der Waals surface area (Å²) in [5.74, 6) is 0.0178. The molecule has 174 valence electrons. The molecule has 0 unspecified atom stereocenters. The minimum atomic E-state index is -3.87. The molecule has 1 N–H and O–H groups in total. The van der Waals surface area contributed by atoms with Crippen LogP contribution in [0.2, 0.25) is 0 Å². The monoisotopic (exact) mass is 434 g/mol. The van der Waals surface area contributed by atoms with Crippen LogP contribution in [0.1, 0.15) is 96.8 Å². The van der Waals surface area contributed by atoms with Gasteiger partial charge in [-0.15, -0.1) is 0 Å². The number of carbonyl (C=O) groups is 1. The largest absolute Gasteiger partial charge is 0.346 e. The van der Waals surface area contributed by atoms with Crippen molar-refractivity contribution in [3.63, 3.8) is 0 Å². The fraction of sp³-hybridized carbons (Fsp3) is 0.955. The molecule has 0 saturated heterocycles. The molecular weight excluding hydrogens is 388 g/mol. The van der Waals surface area contributed by atoms with E-state index in [0.717, 1.165) is 32.4 Å². The zero-order chi connectivity index (χ0) is 22.0. The van der Waals surface area contributed by atoms with Crippen molar-refractivity contribution >= 4 is 16.0 Å². The first-order chi connectivity index (χ1) is 13.8. The van der Waals surface area contributed by atoms with Gasteiger partial charge >= 0.3 is 0 Å². The van der Waals surface area contributed by atoms with Crippen LogP contribution in [0.25, 0.3) is 0 Å². The van der Waals surface area contributed by atoms with Crippen LogP contribution < -0.4 is 0 Å². The van der Waals surface area contributed by atoms with Crippen LogP contribution in [0.3, 0.4) is 0 Å². The van der Waals surface area contributed by atoms with Gasteiger partial charge in [-0.2, -0.15) is 8.42 Å². The fourth-order valence-electron chi connectivity index (χ4n) is 3.46. The molecule has 0 aromatic carbocycles. The van der Waals surface area contributed by atoms with Crippen LogP contribution >= 0.6 is 0 Å². The van der Waals surface area contributed by atoms with Gasteiger partial charge < -0.3 is 9.80 Å². The second-order valence-electron chi connectivity index (χ2n) is 8.40. The lowest BCUT2D eigenvalue weighted by Crippen LogP contribution is -2.30. The summed E-state index contributed by atoms with van der Waals surface area (Å²) < 4.78 is 30.1. The Labute approximate surface area is 180 Å². The summed E-state index contributed by atoms with van der Waals surface area (Å²) in [6.45, 7) is 4.40. The van der Waals surface area contributed by atoms with Crippen molar-refractivity contribution in [1.29, 1.82) is 0 Å². The van der Waals surface area contributed by atoms with Crippen LogP contribution in [0.5, 0.6) is 0 Å². The maximum atomic E-state index is 12.2. The minimum absolute atomic E-state index is 0.200. The van der Waals surface area contributed by atoms with Crippen molar-refractivity contribution in [2.75, 3.05) is 39.5 Å². The smallest absolute Gasteiger partial charge is 0.264 e. The molecule has 0 spiro atoms. The molecule has 0 aliphatic heterocycles. The molecule has 0 radical (unpaired) electrons. The van der Waals surface area contributed by atoms with Crippen molar-refractivity contribution in [2.45, 2.75) is 96.8 Å². The van der Waals surface area contributed by atoms with E-state index in [4.69, 9.17) is 4.55 Å². The Morgan fingerprint density at radius 3 is 1.72 bits per heavy atom. The molecule has 6 nitrogen and oxygen atoms in total. The van der Waals surface area contributed by atoms with Crippen molar-refractivity contribution in [3.8, 4) is 0 Å². The average Bonchev–Trinajstić information content (AvgIpc) is 2.64. The molecule has 0 fully saturated rings. The molecule has 0 bridgehead atoms. The standard InChI is InChI=1S/C22H46N2O4S/c1-4-5-6-7-8-9-10-11-12-13-14-17-22(25)24(3)20-15-18-23(2)19-16-21-29(26,27)28/h4-21H2,1-3H3,(H,26,27,28). The van der Waals surface area contributed by atoms with Crippen LogP contribution in [-0.4, -0.2) is 68.2 Å². The van der Waals surface area contributed by atoms with Gasteiger partial charge in [0.15, 0.2) is 0 Å². The van der Waals surface area contributed by atoms with Gasteiger partial charge in [0.2, 0.25) is 5.91 Å². The quantitative estimate of drug-likeness (QED) is 0.221. The van der Waals surface area contributed by atoms with Gasteiger partial charge in [-0.3, -0.25) is 9.35 Å². The average molecular weight is 435 g/mol. The molecule has 0 aromatic heterocycles. The molecule has 29 heavy (non-hydrogen) atoms. The van der Waals surface area contributed by atoms with E-state index in [0.29, 0.717) is 19.4 Å². The number of nitrogens with zero attached hydrogens (tertiary/aromatic N) is 2. The van der Waals surface area contributed by atoms with Crippen LogP contribution in [0.15, 0.2) is 0 Å². The predicted molar refractivity (Wildman–Crippen MR) is 122 cm³/mol. The molecule has 0 aliphatic rings. The number of amides is 1. The summed E-state index contributed by atoms with van der Waals surface area (Å²) in [5.41, 5.74) is 0. The second-order valence-corrected chi connectivity index (χ2v) is 9.97. The van der Waals surface area contributed by atoms with E-state index in [2.05, 4.69) is 6.92 Å². The zero-order valence-electron chi connectivity index (χ0n) is 19.2. The zero-order valence-corrected chi connectivity index (χ0v) is 20.0. The third-order valence-corrected chi connectivity index (χ3v) is 6.20. The van der Waals surface area contributed by atoms with E-state index in [1.807, 2.05) is 23.9 Å². The number of carbonyl (C=O) groups excluding carboxylic acids is 1. The number of unbranched alkanes of at least 4 members (excludes halogenated alkanes) is 10. The highest BCUT2D eigenvalue weighted by molar-refractivity contribution is 7.85. The molecule has 0 rings (SSSR count). The normalized spacial score (nSPS) is 11.9. The van der Waals surface area contributed by atoms with Crippen molar-refractivity contribution in [2.24, 2.45) is 0 Å². The van der Waals surface area contributed by atoms with E-state index < -0.39 is 10.1 Å². The summed E-state index contributed by atoms with van der Waals surface area (Å²) in [6.07, 6.45) is 16.1. The predicted octanol–water partition coefficient (Wildman–Crippen LogP) is 4.75. The topological polar surface area (TPSA) is 77.9 Å². The highest BCUT2D eigenvalue weighted by Crippen LogP contribution is 2.12. The first-order valence-electron chi connectivity index (χ1n) is 11.6. The summed E-state index contributed by atoms with van der Waals surface area (Å²) >= 11 is 0. The molecule has 0 aliphatic carbocycles. The first kappa shape index (κ1) is 28.3. The Bertz CT molecular complexity index is 497. The van der Waals surface area contributed by atoms with Gasteiger partial charge in [-0.1, -0.05) is 71.1 Å². The van der Waals surface area contributed by atoms with Crippen LogP contribution in [-0.2, 0) is 14.9 Å². The Morgan fingerprint density at radius 2 is 1.21 bits per heavy atom. The summed E-state index contributed by atoms with van der Waals surface area (Å²) in [7, 11) is -0.0793. The van der Waals surface area contributed by atoms with Crippen LogP contribution in [0.4, 0.5) is 0 Å². The number of hydrogen-bond acceptors (Lipinski definition) is 4. The lowest BCUT2D eigenvalue weighted by atomic mass is 10.1. The molecule has 0 aromatic rings. The Balaban J connectivity index is 3.53. The number of rotatable bonds is 20. The molecule has 0 saturated carbocycles. The third-order valence-electron chi connectivity index (χ3n) is 5.40. The van der Waals surface area contributed by atoms with E-state index in [1.165, 1.54) is 57.8 Å². The lowest BCUT2D eigenvalue weighted by Gasteiger charge is -2.20. The molecule has 1 amide bonds. The highest BCUT2D eigenvalue weighted by Gasteiger charge is 2.09. The summed E-state index contributed by atoms with van der Waals surface area (Å²) in [5, 5.41) is 0. The Kier molecular flexibility index (Phi) is 17.7. The van der Waals surface area contributed by atoms with Gasteiger partial charge in [-0.25, -0.2) is 0 Å². The second kappa shape index (κ2) is 18.1. The maximum absolute atomic E-state index is 12.2. The highest BCUT2D eigenvalue weighted by atomic mass is 32.2. The van der Waals surface area contributed by atoms with E-state index >= 15 is 0 Å². The fourth-order valence-corrected chi connectivity index (χ4v) is 3.96. The van der Waals surface area contributed by atoms with Crippen molar-refractivity contribution in [1.82, 2.24) is 9.80 Å². The molecule has 0 heterocycles. The maximum Gasteiger partial charge on any atom is 0.264 e. The summed E-state index contributed by atoms with van der Waals surface area (Å²) in [4.78, 5) is 16.0. The van der Waals surface area contributed by atoms with E-state index in [1.54, 1.807) is 0 Å². The van der Waals surface area contributed by atoms with Gasteiger partial charge in [0.25, 0.3) is 10.1 Å². The number of hydrogen-bond donors (Lipinski definition) is 1. The molecule has 7 heteroatoms. The van der Waals surface area contributed by atoms with Gasteiger partial charge in [0.05, 0.1) is 5.75 Å². The van der Waals surface area contributed by atoms with Crippen molar-refractivity contribution < 1.29 is 17.8 Å². The first-order valence-corrected chi connectivity index (χ1v) is 13.2. The SMILES string of the molecule is CCCCCCCCCCCCCC(=O)N(C)CCCN(C)CCCS(=O)(=O)O. The van der Waals surface area contributed by atoms with Gasteiger partial charge in [0, 0.05) is 20.0 Å². The van der Waals surface area contributed by atoms with E-state index in [9.17, 15) is 13.2 Å².